The van der Waals surface area contributed by atoms with Crippen molar-refractivity contribution in [1.82, 2.24) is 0 Å². The minimum absolute atomic E-state index is 0.0161. The Kier molecular flexibility index (Phi) is 4.79. The van der Waals surface area contributed by atoms with Crippen LogP contribution >= 0.6 is 0 Å². The lowest BCUT2D eigenvalue weighted by molar-refractivity contribution is -0.145. The van der Waals surface area contributed by atoms with E-state index < -0.39 is 17.8 Å². The number of nitrogens with two attached hydrogens (primary N) is 1. The van der Waals surface area contributed by atoms with Gasteiger partial charge in [0.25, 0.3) is 0 Å². The summed E-state index contributed by atoms with van der Waals surface area (Å²) in [7, 11) is 0. The molecule has 0 amide bonds. The van der Waals surface area contributed by atoms with Gasteiger partial charge < -0.3 is 25.8 Å². The molecule has 0 saturated carbocycles. The number of ether oxygens (including phenoxy) is 1. The van der Waals surface area contributed by atoms with Gasteiger partial charge in [0.05, 0.1) is 6.61 Å². The van der Waals surface area contributed by atoms with Crippen LogP contribution in [0.5, 0.6) is 17.2 Å². The largest absolute Gasteiger partial charge is 0.508 e. The van der Waals surface area contributed by atoms with Crippen molar-refractivity contribution in [3.05, 3.63) is 17.7 Å². The Balaban J connectivity index is 2.72. The SMILES string of the molecule is CCCOC(=O)[C@@H](N)Cc1cc(O)c(O)cc1O. The number of rotatable bonds is 5. The number of esters is 1. The van der Waals surface area contributed by atoms with Gasteiger partial charge in [0.1, 0.15) is 11.8 Å². The molecular weight excluding hydrogens is 238 g/mol. The molecule has 0 aliphatic carbocycles. The van der Waals surface area contributed by atoms with Gasteiger partial charge in [0, 0.05) is 12.5 Å². The van der Waals surface area contributed by atoms with Gasteiger partial charge >= 0.3 is 5.97 Å². The highest BCUT2D eigenvalue weighted by Gasteiger charge is 2.18. The molecule has 5 N–H and O–H groups in total. The number of hydrogen-bond donors (Lipinski definition) is 4. The van der Waals surface area contributed by atoms with Crippen LogP contribution in [0.3, 0.4) is 0 Å². The number of carbonyl (C=O) groups excluding carboxylic acids is 1. The maximum atomic E-state index is 11.4. The van der Waals surface area contributed by atoms with Gasteiger partial charge in [-0.25, -0.2) is 0 Å². The van der Waals surface area contributed by atoms with E-state index in [-0.39, 0.29) is 23.5 Å². The predicted octanol–water partition coefficient (Wildman–Crippen LogP) is 0.626. The van der Waals surface area contributed by atoms with Crippen molar-refractivity contribution < 1.29 is 24.9 Å². The predicted molar refractivity (Wildman–Crippen MR) is 64.4 cm³/mol. The van der Waals surface area contributed by atoms with Gasteiger partial charge in [0.2, 0.25) is 0 Å². The molecule has 6 heteroatoms. The third-order valence-electron chi connectivity index (χ3n) is 2.37. The second-order valence-corrected chi connectivity index (χ2v) is 3.95. The van der Waals surface area contributed by atoms with E-state index in [1.807, 2.05) is 6.92 Å². The van der Waals surface area contributed by atoms with Crippen LogP contribution in [-0.2, 0) is 16.0 Å². The number of benzene rings is 1. The molecule has 1 aromatic rings. The zero-order chi connectivity index (χ0) is 13.7. The van der Waals surface area contributed by atoms with Crippen LogP contribution in [0.4, 0.5) is 0 Å². The van der Waals surface area contributed by atoms with Gasteiger partial charge in [-0.3, -0.25) is 4.79 Å². The lowest BCUT2D eigenvalue weighted by Crippen LogP contribution is -2.34. The minimum atomic E-state index is -0.925. The lowest BCUT2D eigenvalue weighted by Gasteiger charge is -2.12. The van der Waals surface area contributed by atoms with Gasteiger partial charge in [-0.2, -0.15) is 0 Å². The Morgan fingerprint density at radius 2 is 1.89 bits per heavy atom. The van der Waals surface area contributed by atoms with Crippen molar-refractivity contribution in [3.8, 4) is 17.2 Å². The van der Waals surface area contributed by atoms with Gasteiger partial charge in [-0.15, -0.1) is 0 Å². The number of carbonyl (C=O) groups is 1. The van der Waals surface area contributed by atoms with Crippen molar-refractivity contribution in [3.63, 3.8) is 0 Å². The second kappa shape index (κ2) is 6.11. The van der Waals surface area contributed by atoms with Crippen LogP contribution in [0.25, 0.3) is 0 Å². The summed E-state index contributed by atoms with van der Waals surface area (Å²) in [5.74, 6) is -1.61. The molecule has 0 unspecified atom stereocenters. The van der Waals surface area contributed by atoms with E-state index in [4.69, 9.17) is 15.6 Å². The van der Waals surface area contributed by atoms with Crippen LogP contribution < -0.4 is 5.73 Å². The van der Waals surface area contributed by atoms with E-state index in [0.717, 1.165) is 12.1 Å². The summed E-state index contributed by atoms with van der Waals surface area (Å²) in [4.78, 5) is 11.4. The fourth-order valence-corrected chi connectivity index (χ4v) is 1.40. The highest BCUT2D eigenvalue weighted by molar-refractivity contribution is 5.76. The average Bonchev–Trinajstić information content (AvgIpc) is 2.32. The molecule has 6 nitrogen and oxygen atoms in total. The number of hydrogen-bond acceptors (Lipinski definition) is 6. The van der Waals surface area contributed by atoms with E-state index in [1.165, 1.54) is 0 Å². The molecule has 1 rings (SSSR count). The molecule has 0 aliphatic rings. The molecule has 18 heavy (non-hydrogen) atoms. The summed E-state index contributed by atoms with van der Waals surface area (Å²) in [6.45, 7) is 2.15. The van der Waals surface area contributed by atoms with E-state index in [0.29, 0.717) is 13.0 Å². The van der Waals surface area contributed by atoms with Gasteiger partial charge in [0.15, 0.2) is 11.5 Å². The first-order chi connectivity index (χ1) is 8.45. The van der Waals surface area contributed by atoms with Crippen LogP contribution in [0.1, 0.15) is 18.9 Å². The molecule has 0 aliphatic heterocycles. The van der Waals surface area contributed by atoms with Crippen LogP contribution in [0, 0.1) is 0 Å². The highest BCUT2D eigenvalue weighted by Crippen LogP contribution is 2.32. The highest BCUT2D eigenvalue weighted by atomic mass is 16.5. The molecule has 1 aromatic carbocycles. The number of phenolic OH excluding ortho intramolecular Hbond substituents is 3. The maximum absolute atomic E-state index is 11.4. The Hall–Kier alpha value is -1.95. The first-order valence-electron chi connectivity index (χ1n) is 5.61. The molecule has 0 radical (unpaired) electrons. The fourth-order valence-electron chi connectivity index (χ4n) is 1.40. The Morgan fingerprint density at radius 3 is 2.50 bits per heavy atom. The average molecular weight is 255 g/mol. The van der Waals surface area contributed by atoms with E-state index in [9.17, 15) is 15.0 Å². The summed E-state index contributed by atoms with van der Waals surface area (Å²) in [5.41, 5.74) is 5.89. The molecule has 0 spiro atoms. The molecule has 0 bridgehead atoms. The standard InChI is InChI=1S/C12H17NO5/c1-2-3-18-12(17)8(13)4-7-5-10(15)11(16)6-9(7)14/h5-6,8,14-16H,2-4,13H2,1H3/t8-/m0/s1. The first kappa shape index (κ1) is 14.1. The van der Waals surface area contributed by atoms with Gasteiger partial charge in [-0.1, -0.05) is 6.92 Å². The second-order valence-electron chi connectivity index (χ2n) is 3.95. The number of aromatic hydroxyl groups is 3. The first-order valence-corrected chi connectivity index (χ1v) is 5.61. The maximum Gasteiger partial charge on any atom is 0.323 e. The normalized spacial score (nSPS) is 12.1. The Labute approximate surface area is 105 Å². The minimum Gasteiger partial charge on any atom is -0.508 e. The Morgan fingerprint density at radius 1 is 1.28 bits per heavy atom. The number of phenols is 3. The lowest BCUT2D eigenvalue weighted by atomic mass is 10.0. The van der Waals surface area contributed by atoms with E-state index in [2.05, 4.69) is 0 Å². The molecular formula is C12H17NO5. The summed E-state index contributed by atoms with van der Waals surface area (Å²) < 4.78 is 4.86. The molecule has 0 aromatic heterocycles. The zero-order valence-corrected chi connectivity index (χ0v) is 10.1. The smallest absolute Gasteiger partial charge is 0.323 e. The molecule has 1 atom stereocenters. The summed E-state index contributed by atoms with van der Waals surface area (Å²) >= 11 is 0. The summed E-state index contributed by atoms with van der Waals surface area (Å²) in [5, 5.41) is 28.0. The summed E-state index contributed by atoms with van der Waals surface area (Å²) in [6, 6.07) is 1.23. The van der Waals surface area contributed by atoms with E-state index in [1.54, 1.807) is 0 Å². The zero-order valence-electron chi connectivity index (χ0n) is 10.1. The van der Waals surface area contributed by atoms with Crippen molar-refractivity contribution in [2.24, 2.45) is 5.73 Å². The van der Waals surface area contributed by atoms with Crippen LogP contribution in [0.15, 0.2) is 12.1 Å². The van der Waals surface area contributed by atoms with Crippen LogP contribution in [0.2, 0.25) is 0 Å². The quantitative estimate of drug-likeness (QED) is 0.348. The topological polar surface area (TPSA) is 113 Å². The van der Waals surface area contributed by atoms with Crippen LogP contribution in [-0.4, -0.2) is 33.9 Å². The van der Waals surface area contributed by atoms with Crippen molar-refractivity contribution in [2.75, 3.05) is 6.61 Å². The molecule has 0 saturated heterocycles. The molecule has 100 valence electrons. The van der Waals surface area contributed by atoms with E-state index >= 15 is 0 Å². The molecule has 0 fully saturated rings. The van der Waals surface area contributed by atoms with Crippen molar-refractivity contribution in [1.29, 1.82) is 0 Å². The van der Waals surface area contributed by atoms with Crippen molar-refractivity contribution >= 4 is 5.97 Å². The fraction of sp³-hybridized carbons (Fsp3) is 0.417. The van der Waals surface area contributed by atoms with Crippen molar-refractivity contribution in [2.45, 2.75) is 25.8 Å². The van der Waals surface area contributed by atoms with Gasteiger partial charge in [-0.05, 0) is 18.1 Å². The third kappa shape index (κ3) is 3.53. The third-order valence-corrected chi connectivity index (χ3v) is 2.37. The monoisotopic (exact) mass is 255 g/mol. The molecule has 0 heterocycles. The Bertz CT molecular complexity index is 433. The summed E-state index contributed by atoms with van der Waals surface area (Å²) in [6.07, 6.45) is 0.714.